The SMILES string of the molecule is COC(=O)CCCCCNC(=S)Nc1ccccc1C(C)C. The molecule has 0 aromatic heterocycles. The Bertz CT molecular complexity index is 489. The van der Waals surface area contributed by atoms with E-state index >= 15 is 0 Å². The summed E-state index contributed by atoms with van der Waals surface area (Å²) in [6, 6.07) is 8.20. The summed E-state index contributed by atoms with van der Waals surface area (Å²) in [5, 5.41) is 7.10. The highest BCUT2D eigenvalue weighted by molar-refractivity contribution is 7.80. The van der Waals surface area contributed by atoms with Crippen LogP contribution in [0, 0.1) is 0 Å². The molecule has 1 rings (SSSR count). The zero-order valence-electron chi connectivity index (χ0n) is 13.6. The molecule has 1 aromatic carbocycles. The van der Waals surface area contributed by atoms with Crippen molar-refractivity contribution in [3.63, 3.8) is 0 Å². The lowest BCUT2D eigenvalue weighted by Gasteiger charge is -2.16. The van der Waals surface area contributed by atoms with Crippen LogP contribution in [0.3, 0.4) is 0 Å². The van der Waals surface area contributed by atoms with Gasteiger partial charge >= 0.3 is 5.97 Å². The number of benzene rings is 1. The van der Waals surface area contributed by atoms with E-state index in [-0.39, 0.29) is 5.97 Å². The zero-order chi connectivity index (χ0) is 16.4. The fourth-order valence-corrected chi connectivity index (χ4v) is 2.37. The van der Waals surface area contributed by atoms with Gasteiger partial charge in [-0.3, -0.25) is 4.79 Å². The molecule has 1 aromatic rings. The normalized spacial score (nSPS) is 10.4. The van der Waals surface area contributed by atoms with Crippen molar-refractivity contribution in [2.24, 2.45) is 0 Å². The minimum absolute atomic E-state index is 0.143. The molecule has 0 saturated heterocycles. The number of esters is 1. The summed E-state index contributed by atoms with van der Waals surface area (Å²) in [5.41, 5.74) is 2.31. The Balaban J connectivity index is 2.25. The number of ether oxygens (including phenoxy) is 1. The predicted octanol–water partition coefficient (Wildman–Crippen LogP) is 3.83. The van der Waals surface area contributed by atoms with Gasteiger partial charge in [-0.2, -0.15) is 0 Å². The average Bonchev–Trinajstić information content (AvgIpc) is 2.50. The van der Waals surface area contributed by atoms with Crippen LogP contribution in [-0.4, -0.2) is 24.7 Å². The molecule has 0 bridgehead atoms. The molecule has 0 saturated carbocycles. The van der Waals surface area contributed by atoms with Gasteiger partial charge in [0.15, 0.2) is 5.11 Å². The number of rotatable bonds is 8. The molecule has 0 radical (unpaired) electrons. The average molecular weight is 322 g/mol. The van der Waals surface area contributed by atoms with Crippen LogP contribution >= 0.6 is 12.2 Å². The van der Waals surface area contributed by atoms with Crippen LogP contribution in [0.4, 0.5) is 5.69 Å². The van der Waals surface area contributed by atoms with E-state index < -0.39 is 0 Å². The van der Waals surface area contributed by atoms with Gasteiger partial charge in [0.25, 0.3) is 0 Å². The topological polar surface area (TPSA) is 50.4 Å². The van der Waals surface area contributed by atoms with E-state index in [1.54, 1.807) is 0 Å². The molecule has 0 aliphatic heterocycles. The van der Waals surface area contributed by atoms with Crippen LogP contribution < -0.4 is 10.6 Å². The standard InChI is InChI=1S/C17H26N2O2S/c1-13(2)14-9-6-7-10-15(14)19-17(22)18-12-8-4-5-11-16(20)21-3/h6-7,9-10,13H,4-5,8,11-12H2,1-3H3,(H2,18,19,22). The van der Waals surface area contributed by atoms with Gasteiger partial charge in [-0.25, -0.2) is 0 Å². The molecule has 2 N–H and O–H groups in total. The molecule has 5 heteroatoms. The molecule has 22 heavy (non-hydrogen) atoms. The van der Waals surface area contributed by atoms with E-state index in [1.807, 2.05) is 18.2 Å². The van der Waals surface area contributed by atoms with E-state index in [2.05, 4.69) is 35.3 Å². The lowest BCUT2D eigenvalue weighted by Crippen LogP contribution is -2.29. The van der Waals surface area contributed by atoms with E-state index in [4.69, 9.17) is 12.2 Å². The summed E-state index contributed by atoms with van der Waals surface area (Å²) >= 11 is 5.32. The van der Waals surface area contributed by atoms with Crippen LogP contribution in [0.5, 0.6) is 0 Å². The van der Waals surface area contributed by atoms with Gasteiger partial charge in [0.1, 0.15) is 0 Å². The van der Waals surface area contributed by atoms with Gasteiger partial charge < -0.3 is 15.4 Å². The second kappa shape index (κ2) is 10.2. The fourth-order valence-electron chi connectivity index (χ4n) is 2.16. The first kappa shape index (κ1) is 18.4. The molecule has 0 atom stereocenters. The second-order valence-corrected chi connectivity index (χ2v) is 5.92. The third-order valence-corrected chi connectivity index (χ3v) is 3.65. The van der Waals surface area contributed by atoms with Crippen LogP contribution in [0.25, 0.3) is 0 Å². The number of carbonyl (C=O) groups excluding carboxylic acids is 1. The molecule has 0 amide bonds. The smallest absolute Gasteiger partial charge is 0.305 e. The zero-order valence-corrected chi connectivity index (χ0v) is 14.5. The summed E-state index contributed by atoms with van der Waals surface area (Å²) in [5.74, 6) is 0.306. The molecular weight excluding hydrogens is 296 g/mol. The van der Waals surface area contributed by atoms with Gasteiger partial charge in [0.2, 0.25) is 0 Å². The monoisotopic (exact) mass is 322 g/mol. The fraction of sp³-hybridized carbons (Fsp3) is 0.529. The first-order valence-corrected chi connectivity index (χ1v) is 8.16. The third-order valence-electron chi connectivity index (χ3n) is 3.40. The molecule has 0 aliphatic rings. The molecule has 0 heterocycles. The Labute approximate surface area is 138 Å². The predicted molar refractivity (Wildman–Crippen MR) is 95.2 cm³/mol. The Morgan fingerprint density at radius 2 is 1.95 bits per heavy atom. The van der Waals surface area contributed by atoms with Gasteiger partial charge in [0.05, 0.1) is 7.11 Å². The first-order valence-electron chi connectivity index (χ1n) is 7.75. The molecule has 0 aliphatic carbocycles. The highest BCUT2D eigenvalue weighted by atomic mass is 32.1. The van der Waals surface area contributed by atoms with Gasteiger partial charge in [-0.05, 0) is 42.6 Å². The second-order valence-electron chi connectivity index (χ2n) is 5.51. The molecule has 0 fully saturated rings. The van der Waals surface area contributed by atoms with E-state index in [1.165, 1.54) is 12.7 Å². The quantitative estimate of drug-likeness (QED) is 0.433. The summed E-state index contributed by atoms with van der Waals surface area (Å²) in [7, 11) is 1.42. The minimum Gasteiger partial charge on any atom is -0.469 e. The molecule has 122 valence electrons. The number of thiocarbonyl (C=S) groups is 1. The Morgan fingerprint density at radius 3 is 2.64 bits per heavy atom. The van der Waals surface area contributed by atoms with Gasteiger partial charge in [-0.15, -0.1) is 0 Å². The molecular formula is C17H26N2O2S. The van der Waals surface area contributed by atoms with Crippen molar-refractivity contribution < 1.29 is 9.53 Å². The van der Waals surface area contributed by atoms with E-state index in [0.29, 0.717) is 17.5 Å². The minimum atomic E-state index is -0.143. The van der Waals surface area contributed by atoms with Gasteiger partial charge in [0, 0.05) is 18.7 Å². The Morgan fingerprint density at radius 1 is 1.23 bits per heavy atom. The van der Waals surface area contributed by atoms with Crippen LogP contribution in [0.15, 0.2) is 24.3 Å². The Hall–Kier alpha value is -1.62. The molecule has 0 unspecified atom stereocenters. The summed E-state index contributed by atoms with van der Waals surface area (Å²) < 4.78 is 4.61. The van der Waals surface area contributed by atoms with Crippen LogP contribution in [0.2, 0.25) is 0 Å². The number of nitrogens with one attached hydrogen (secondary N) is 2. The van der Waals surface area contributed by atoms with Gasteiger partial charge in [-0.1, -0.05) is 38.5 Å². The lowest BCUT2D eigenvalue weighted by atomic mass is 10.0. The number of para-hydroxylation sites is 1. The number of carbonyl (C=O) groups is 1. The highest BCUT2D eigenvalue weighted by Crippen LogP contribution is 2.23. The van der Waals surface area contributed by atoms with Crippen molar-refractivity contribution in [2.75, 3.05) is 19.0 Å². The number of hydrogen-bond donors (Lipinski definition) is 2. The van der Waals surface area contributed by atoms with Crippen LogP contribution in [-0.2, 0) is 9.53 Å². The maximum atomic E-state index is 11.0. The van der Waals surface area contributed by atoms with Crippen molar-refractivity contribution in [3.8, 4) is 0 Å². The highest BCUT2D eigenvalue weighted by Gasteiger charge is 2.06. The number of methoxy groups -OCH3 is 1. The first-order chi connectivity index (χ1) is 10.5. The van der Waals surface area contributed by atoms with E-state index in [0.717, 1.165) is 31.5 Å². The maximum Gasteiger partial charge on any atom is 0.305 e. The van der Waals surface area contributed by atoms with Crippen molar-refractivity contribution in [1.82, 2.24) is 5.32 Å². The maximum absolute atomic E-state index is 11.0. The largest absolute Gasteiger partial charge is 0.469 e. The van der Waals surface area contributed by atoms with Crippen LogP contribution in [0.1, 0.15) is 51.0 Å². The summed E-state index contributed by atoms with van der Waals surface area (Å²) in [6.07, 6.45) is 3.30. The van der Waals surface area contributed by atoms with E-state index in [9.17, 15) is 4.79 Å². The summed E-state index contributed by atoms with van der Waals surface area (Å²) in [4.78, 5) is 11.0. The lowest BCUT2D eigenvalue weighted by molar-refractivity contribution is -0.140. The molecule has 0 spiro atoms. The Kier molecular flexibility index (Phi) is 8.51. The number of hydrogen-bond acceptors (Lipinski definition) is 3. The van der Waals surface area contributed by atoms with Crippen molar-refractivity contribution in [3.05, 3.63) is 29.8 Å². The third kappa shape index (κ3) is 6.89. The molecule has 4 nitrogen and oxygen atoms in total. The summed E-state index contributed by atoms with van der Waals surface area (Å²) in [6.45, 7) is 5.13. The number of unbranched alkanes of at least 4 members (excludes halogenated alkanes) is 2. The van der Waals surface area contributed by atoms with Crippen molar-refractivity contribution in [1.29, 1.82) is 0 Å². The number of anilines is 1. The van der Waals surface area contributed by atoms with Crippen molar-refractivity contribution >= 4 is 29.0 Å². The van der Waals surface area contributed by atoms with Crippen molar-refractivity contribution in [2.45, 2.75) is 45.4 Å².